The van der Waals surface area contributed by atoms with Crippen LogP contribution in [0.4, 0.5) is 5.82 Å². The zero-order valence-corrected chi connectivity index (χ0v) is 16.4. The van der Waals surface area contributed by atoms with Crippen LogP contribution in [-0.4, -0.2) is 26.1 Å². The topological polar surface area (TPSA) is 115 Å². The lowest BCUT2D eigenvalue weighted by molar-refractivity contribution is -0.116. The molecule has 29 heavy (non-hydrogen) atoms. The molecular formula is C21H19N3O4S. The quantitative estimate of drug-likeness (QED) is 0.299. The molecule has 4 N–H and O–H groups in total. The average Bonchev–Trinajstić information content (AvgIpc) is 2.68. The number of nitrogens with one attached hydrogen (secondary N) is 2. The van der Waals surface area contributed by atoms with Crippen molar-refractivity contribution in [2.24, 2.45) is 0 Å². The number of fused-ring (bicyclic) bond motifs is 1. The highest BCUT2D eigenvalue weighted by Crippen LogP contribution is 2.37. The van der Waals surface area contributed by atoms with Gasteiger partial charge in [-0.3, -0.25) is 9.59 Å². The van der Waals surface area contributed by atoms with Crippen molar-refractivity contribution >= 4 is 23.5 Å². The van der Waals surface area contributed by atoms with Gasteiger partial charge in [0.15, 0.2) is 16.7 Å². The van der Waals surface area contributed by atoms with Crippen LogP contribution in [0.2, 0.25) is 0 Å². The molecule has 2 heterocycles. The number of rotatable bonds is 4. The van der Waals surface area contributed by atoms with Crippen LogP contribution < -0.4 is 10.9 Å². The van der Waals surface area contributed by atoms with Gasteiger partial charge in [0.05, 0.1) is 5.56 Å². The predicted molar refractivity (Wildman–Crippen MR) is 110 cm³/mol. The number of aromatic amines is 1. The van der Waals surface area contributed by atoms with E-state index in [1.807, 2.05) is 31.2 Å². The summed E-state index contributed by atoms with van der Waals surface area (Å²) < 4.78 is 0. The number of aromatic hydroxyl groups is 2. The van der Waals surface area contributed by atoms with E-state index < -0.39 is 5.92 Å². The van der Waals surface area contributed by atoms with Crippen LogP contribution in [0.1, 0.15) is 34.6 Å². The number of nitrogens with zero attached hydrogens (tertiary/aromatic N) is 1. The van der Waals surface area contributed by atoms with Crippen molar-refractivity contribution in [3.63, 3.8) is 0 Å². The first kappa shape index (κ1) is 19.1. The average molecular weight is 409 g/mol. The zero-order chi connectivity index (χ0) is 20.5. The minimum absolute atomic E-state index is 0.0534. The number of anilines is 1. The van der Waals surface area contributed by atoms with Gasteiger partial charge in [0.1, 0.15) is 5.82 Å². The van der Waals surface area contributed by atoms with Gasteiger partial charge in [0, 0.05) is 18.1 Å². The van der Waals surface area contributed by atoms with Crippen LogP contribution in [0.15, 0.2) is 52.4 Å². The molecule has 2 aromatic carbocycles. The summed E-state index contributed by atoms with van der Waals surface area (Å²) >= 11 is 1.38. The lowest BCUT2D eigenvalue weighted by Gasteiger charge is -2.24. The molecule has 1 aliphatic heterocycles. The first-order chi connectivity index (χ1) is 13.9. The summed E-state index contributed by atoms with van der Waals surface area (Å²) in [6.07, 6.45) is 0.0534. The van der Waals surface area contributed by atoms with Crippen molar-refractivity contribution in [2.75, 3.05) is 5.32 Å². The summed E-state index contributed by atoms with van der Waals surface area (Å²) in [7, 11) is 0. The Morgan fingerprint density at radius 3 is 2.59 bits per heavy atom. The summed E-state index contributed by atoms with van der Waals surface area (Å²) in [6, 6.07) is 12.4. The number of thioether (sulfide) groups is 1. The fourth-order valence-electron chi connectivity index (χ4n) is 3.30. The van der Waals surface area contributed by atoms with Crippen molar-refractivity contribution in [3.05, 3.63) is 75.1 Å². The smallest absolute Gasteiger partial charge is 0.257 e. The molecule has 0 saturated heterocycles. The van der Waals surface area contributed by atoms with E-state index in [9.17, 15) is 19.8 Å². The van der Waals surface area contributed by atoms with Crippen molar-refractivity contribution < 1.29 is 15.0 Å². The van der Waals surface area contributed by atoms with E-state index >= 15 is 0 Å². The molecule has 0 bridgehead atoms. The maximum absolute atomic E-state index is 12.8. The number of amides is 1. The summed E-state index contributed by atoms with van der Waals surface area (Å²) in [6.45, 7) is 2.02. The third-order valence-electron chi connectivity index (χ3n) is 4.83. The van der Waals surface area contributed by atoms with Gasteiger partial charge in [-0.25, -0.2) is 4.98 Å². The number of hydrogen-bond donors (Lipinski definition) is 4. The second-order valence-electron chi connectivity index (χ2n) is 6.96. The van der Waals surface area contributed by atoms with Crippen LogP contribution in [0.5, 0.6) is 11.5 Å². The molecule has 0 radical (unpaired) electrons. The lowest BCUT2D eigenvalue weighted by atomic mass is 9.86. The van der Waals surface area contributed by atoms with E-state index in [0.717, 1.165) is 5.56 Å². The largest absolute Gasteiger partial charge is 0.504 e. The fraction of sp³-hybridized carbons (Fsp3) is 0.190. The van der Waals surface area contributed by atoms with Gasteiger partial charge < -0.3 is 20.5 Å². The van der Waals surface area contributed by atoms with Gasteiger partial charge in [-0.1, -0.05) is 47.7 Å². The molecule has 0 fully saturated rings. The molecule has 0 aliphatic carbocycles. The van der Waals surface area contributed by atoms with Gasteiger partial charge >= 0.3 is 0 Å². The zero-order valence-electron chi connectivity index (χ0n) is 15.6. The van der Waals surface area contributed by atoms with E-state index in [1.54, 1.807) is 6.07 Å². The number of H-pyrrole nitrogens is 1. The molecule has 1 aliphatic rings. The molecule has 7 nitrogen and oxygen atoms in total. The van der Waals surface area contributed by atoms with Gasteiger partial charge in [-0.15, -0.1) is 0 Å². The maximum Gasteiger partial charge on any atom is 0.257 e. The Morgan fingerprint density at radius 1 is 1.10 bits per heavy atom. The first-order valence-electron chi connectivity index (χ1n) is 9.05. The van der Waals surface area contributed by atoms with E-state index in [4.69, 9.17) is 0 Å². The van der Waals surface area contributed by atoms with Crippen molar-refractivity contribution in [2.45, 2.75) is 30.2 Å². The third kappa shape index (κ3) is 3.97. The third-order valence-corrected chi connectivity index (χ3v) is 5.77. The Morgan fingerprint density at radius 2 is 1.86 bits per heavy atom. The van der Waals surface area contributed by atoms with Gasteiger partial charge in [-0.05, 0) is 30.2 Å². The summed E-state index contributed by atoms with van der Waals surface area (Å²) in [5.41, 5.74) is 2.84. The number of aromatic nitrogens is 2. The number of hydrogen-bond acceptors (Lipinski definition) is 6. The van der Waals surface area contributed by atoms with Crippen LogP contribution in [0.3, 0.4) is 0 Å². The number of phenolic OH excluding ortho intramolecular Hbond substituents is 2. The highest BCUT2D eigenvalue weighted by Gasteiger charge is 2.31. The van der Waals surface area contributed by atoms with Gasteiger partial charge in [0.25, 0.3) is 5.56 Å². The van der Waals surface area contributed by atoms with Crippen molar-refractivity contribution in [3.8, 4) is 11.5 Å². The Balaban J connectivity index is 1.65. The summed E-state index contributed by atoms with van der Waals surface area (Å²) in [5.74, 6) is -0.520. The molecule has 0 spiro atoms. The van der Waals surface area contributed by atoms with E-state index in [-0.39, 0.29) is 35.2 Å². The Bertz CT molecular complexity index is 1140. The van der Waals surface area contributed by atoms with Gasteiger partial charge in [0.2, 0.25) is 5.91 Å². The normalized spacial score (nSPS) is 15.6. The second-order valence-corrected chi connectivity index (χ2v) is 7.92. The fourth-order valence-corrected chi connectivity index (χ4v) is 4.11. The number of carbonyl (C=O) groups excluding carboxylic acids is 1. The molecule has 4 rings (SSSR count). The SMILES string of the molecule is Cc1ccc(CSc2nc3c(c(=O)[nH]2)[C@@H](c2ccc(O)c(O)c2)CC(=O)N3)cc1. The molecule has 1 amide bonds. The Labute approximate surface area is 170 Å². The lowest BCUT2D eigenvalue weighted by Crippen LogP contribution is -2.31. The van der Waals surface area contributed by atoms with Crippen LogP contribution >= 0.6 is 11.8 Å². The molecule has 0 saturated carbocycles. The van der Waals surface area contributed by atoms with E-state index in [1.165, 1.54) is 29.5 Å². The monoisotopic (exact) mass is 409 g/mol. The minimum atomic E-state index is -0.558. The van der Waals surface area contributed by atoms with Crippen LogP contribution in [-0.2, 0) is 10.5 Å². The molecule has 1 atom stereocenters. The number of phenols is 2. The van der Waals surface area contributed by atoms with Crippen LogP contribution in [0, 0.1) is 6.92 Å². The molecule has 0 unspecified atom stereocenters. The number of aryl methyl sites for hydroxylation is 1. The summed E-state index contributed by atoms with van der Waals surface area (Å²) in [4.78, 5) is 32.3. The van der Waals surface area contributed by atoms with Gasteiger partial charge in [-0.2, -0.15) is 0 Å². The second kappa shape index (κ2) is 7.63. The highest BCUT2D eigenvalue weighted by atomic mass is 32.2. The van der Waals surface area contributed by atoms with E-state index in [2.05, 4.69) is 15.3 Å². The van der Waals surface area contributed by atoms with Crippen molar-refractivity contribution in [1.82, 2.24) is 9.97 Å². The molecule has 148 valence electrons. The molecular weight excluding hydrogens is 390 g/mol. The predicted octanol–water partition coefficient (Wildman–Crippen LogP) is 3.26. The highest BCUT2D eigenvalue weighted by molar-refractivity contribution is 7.98. The summed E-state index contributed by atoms with van der Waals surface area (Å²) in [5, 5.41) is 22.4. The maximum atomic E-state index is 12.8. The molecule has 3 aromatic rings. The minimum Gasteiger partial charge on any atom is -0.504 e. The number of benzene rings is 2. The Hall–Kier alpha value is -3.26. The van der Waals surface area contributed by atoms with Crippen LogP contribution in [0.25, 0.3) is 0 Å². The van der Waals surface area contributed by atoms with E-state index in [0.29, 0.717) is 22.0 Å². The molecule has 8 heteroatoms. The van der Waals surface area contributed by atoms with Crippen molar-refractivity contribution in [1.29, 1.82) is 0 Å². The Kier molecular flexibility index (Phi) is 5.02. The first-order valence-corrected chi connectivity index (χ1v) is 10.0. The molecule has 1 aromatic heterocycles. The number of carbonyl (C=O) groups is 1. The standard InChI is InChI=1S/C21H19N3O4S/c1-11-2-4-12(5-3-11)10-29-21-23-19-18(20(28)24-21)14(9-17(27)22-19)13-6-7-15(25)16(26)8-13/h2-8,14,25-26H,9-10H2,1H3,(H2,22,23,24,27,28)/t14-/m1/s1.